The molecule has 30 heavy (non-hydrogen) atoms. The molecular formula is C17H7F4N3O6. The third kappa shape index (κ3) is 3.59. The number of carbonyl (C=O) groups is 3. The number of hydrogen-bond donors (Lipinski definition) is 1. The van der Waals surface area contributed by atoms with E-state index in [1.165, 1.54) is 24.3 Å². The fourth-order valence-corrected chi connectivity index (χ4v) is 2.56. The van der Waals surface area contributed by atoms with Gasteiger partial charge < -0.3 is 10.2 Å². The number of carbonyl (C=O) groups excluding carboxylic acids is 3. The van der Waals surface area contributed by atoms with Crippen molar-refractivity contribution in [1.29, 1.82) is 0 Å². The number of ketones is 1. The zero-order valence-corrected chi connectivity index (χ0v) is 14.3. The van der Waals surface area contributed by atoms with E-state index in [9.17, 15) is 42.1 Å². The van der Waals surface area contributed by atoms with Crippen LogP contribution in [0.4, 0.5) is 28.9 Å². The number of nitro groups is 1. The van der Waals surface area contributed by atoms with Crippen LogP contribution in [0, 0.1) is 15.9 Å². The first-order chi connectivity index (χ1) is 14.0. The summed E-state index contributed by atoms with van der Waals surface area (Å²) < 4.78 is 53.4. The number of alkyl halides is 3. The lowest BCUT2D eigenvalue weighted by Gasteiger charge is -2.19. The van der Waals surface area contributed by atoms with Gasteiger partial charge in [0.05, 0.1) is 16.2 Å². The van der Waals surface area contributed by atoms with Gasteiger partial charge in [0.15, 0.2) is 5.71 Å². The van der Waals surface area contributed by atoms with E-state index in [2.05, 4.69) is 9.99 Å². The van der Waals surface area contributed by atoms with Gasteiger partial charge in [-0.2, -0.15) is 17.6 Å². The topological polar surface area (TPSA) is 128 Å². The van der Waals surface area contributed by atoms with E-state index >= 15 is 0 Å². The molecule has 1 N–H and O–H groups in total. The van der Waals surface area contributed by atoms with Crippen LogP contribution in [0.1, 0.15) is 21.5 Å². The Balaban J connectivity index is 2.19. The fraction of sp³-hybridized carbons (Fsp3) is 0.0588. The molecule has 0 saturated carbocycles. The van der Waals surface area contributed by atoms with Gasteiger partial charge in [-0.25, -0.2) is 4.79 Å². The summed E-state index contributed by atoms with van der Waals surface area (Å²) in [6.45, 7) is 0. The van der Waals surface area contributed by atoms with E-state index in [4.69, 9.17) is 0 Å². The number of fused-ring (bicyclic) bond motifs is 1. The second-order valence-corrected chi connectivity index (χ2v) is 5.73. The second-order valence-electron chi connectivity index (χ2n) is 5.73. The SMILES string of the molecule is O=C1Nc2cc(C(F)(F)F)c(F)c([N+](=O)[O-])c2C(=NOC(=O)c2ccccc2)C1=O. The summed E-state index contributed by atoms with van der Waals surface area (Å²) >= 11 is 0. The van der Waals surface area contributed by atoms with Crippen LogP contribution in [0.3, 0.4) is 0 Å². The largest absolute Gasteiger partial charge is 0.419 e. The Hall–Kier alpha value is -4.16. The lowest BCUT2D eigenvalue weighted by Crippen LogP contribution is -2.37. The molecule has 13 heteroatoms. The smallest absolute Gasteiger partial charge is 0.318 e. The molecule has 154 valence electrons. The number of oxime groups is 1. The standard InChI is InChI=1S/C17H7F4N3O6/c18-11-8(17(19,20)21)6-9-10(13(11)24(28)29)12(14(25)15(26)22-9)23-30-16(27)7-4-2-1-3-5-7/h1-6H,(H,22,26). The van der Waals surface area contributed by atoms with Crippen molar-refractivity contribution in [2.75, 3.05) is 5.32 Å². The maximum Gasteiger partial charge on any atom is 0.419 e. The molecule has 0 aliphatic carbocycles. The number of nitro benzene ring substituents is 1. The summed E-state index contributed by atoms with van der Waals surface area (Å²) in [7, 11) is 0. The molecule has 0 radical (unpaired) electrons. The van der Waals surface area contributed by atoms with Crippen LogP contribution < -0.4 is 5.32 Å². The predicted octanol–water partition coefficient (Wildman–Crippen LogP) is 2.84. The van der Waals surface area contributed by atoms with Crippen molar-refractivity contribution in [2.24, 2.45) is 5.16 Å². The average Bonchev–Trinajstić information content (AvgIpc) is 2.67. The van der Waals surface area contributed by atoms with Crippen molar-refractivity contribution in [2.45, 2.75) is 6.18 Å². The van der Waals surface area contributed by atoms with Gasteiger partial charge in [-0.15, -0.1) is 0 Å². The van der Waals surface area contributed by atoms with Crippen molar-refractivity contribution in [3.8, 4) is 0 Å². The number of nitrogens with zero attached hydrogens (tertiary/aromatic N) is 2. The summed E-state index contributed by atoms with van der Waals surface area (Å²) in [6.07, 6.45) is -5.34. The van der Waals surface area contributed by atoms with Gasteiger partial charge in [0.1, 0.15) is 11.1 Å². The number of halogens is 4. The number of nitrogens with one attached hydrogen (secondary N) is 1. The van der Waals surface area contributed by atoms with Gasteiger partial charge in [-0.3, -0.25) is 19.7 Å². The Bertz CT molecular complexity index is 1130. The quantitative estimate of drug-likeness (QED) is 0.265. The van der Waals surface area contributed by atoms with Gasteiger partial charge in [0.2, 0.25) is 5.82 Å². The third-order valence-corrected chi connectivity index (χ3v) is 3.86. The highest BCUT2D eigenvalue weighted by Crippen LogP contribution is 2.41. The summed E-state index contributed by atoms with van der Waals surface area (Å²) in [5.74, 6) is -6.52. The Kier molecular flexibility index (Phi) is 5.04. The van der Waals surface area contributed by atoms with Crippen molar-refractivity contribution in [3.63, 3.8) is 0 Å². The van der Waals surface area contributed by atoms with Gasteiger partial charge in [-0.05, 0) is 18.2 Å². The minimum atomic E-state index is -5.34. The number of anilines is 1. The molecule has 3 rings (SSSR count). The van der Waals surface area contributed by atoms with Crippen molar-refractivity contribution in [1.82, 2.24) is 0 Å². The second kappa shape index (κ2) is 7.35. The maximum atomic E-state index is 14.3. The number of Topliss-reactive ketones (excluding diaryl/α,β-unsaturated/α-hetero) is 1. The van der Waals surface area contributed by atoms with Gasteiger partial charge >= 0.3 is 17.8 Å². The van der Waals surface area contributed by atoms with Crippen LogP contribution in [0.15, 0.2) is 41.6 Å². The van der Waals surface area contributed by atoms with Crippen molar-refractivity contribution in [3.05, 3.63) is 69.0 Å². The summed E-state index contributed by atoms with van der Waals surface area (Å²) in [5, 5.41) is 16.1. The highest BCUT2D eigenvalue weighted by atomic mass is 19.4. The zero-order chi connectivity index (χ0) is 22.2. The molecule has 0 fully saturated rings. The van der Waals surface area contributed by atoms with Crippen molar-refractivity contribution >= 4 is 34.7 Å². The number of hydrogen-bond acceptors (Lipinski definition) is 7. The third-order valence-electron chi connectivity index (χ3n) is 3.86. The Morgan fingerprint density at radius 1 is 1.17 bits per heavy atom. The number of amides is 1. The lowest BCUT2D eigenvalue weighted by molar-refractivity contribution is -0.388. The molecule has 1 aliphatic rings. The number of rotatable bonds is 3. The minimum absolute atomic E-state index is 0.0529. The molecule has 0 spiro atoms. The van der Waals surface area contributed by atoms with Crippen LogP contribution in [0.2, 0.25) is 0 Å². The molecule has 0 aromatic heterocycles. The summed E-state index contributed by atoms with van der Waals surface area (Å²) in [5.41, 5.74) is -7.00. The molecule has 1 aliphatic heterocycles. The molecule has 2 aromatic carbocycles. The van der Waals surface area contributed by atoms with Crippen molar-refractivity contribution < 1.29 is 41.7 Å². The molecule has 2 aromatic rings. The van der Waals surface area contributed by atoms with E-state index in [0.29, 0.717) is 0 Å². The van der Waals surface area contributed by atoms with Gasteiger partial charge in [0, 0.05) is 0 Å². The van der Waals surface area contributed by atoms with E-state index in [1.54, 1.807) is 11.4 Å². The average molecular weight is 425 g/mol. The molecule has 0 saturated heterocycles. The summed E-state index contributed by atoms with van der Waals surface area (Å²) in [4.78, 5) is 50.1. The first kappa shape index (κ1) is 20.6. The van der Waals surface area contributed by atoms with E-state index in [0.717, 1.165) is 0 Å². The molecule has 0 atom stereocenters. The van der Waals surface area contributed by atoms with Crippen LogP contribution in [0.25, 0.3) is 0 Å². The van der Waals surface area contributed by atoms with Crippen LogP contribution in [-0.4, -0.2) is 28.3 Å². The number of benzene rings is 2. The Morgan fingerprint density at radius 2 is 1.80 bits per heavy atom. The fourth-order valence-electron chi connectivity index (χ4n) is 2.56. The highest BCUT2D eigenvalue weighted by Gasteiger charge is 2.45. The molecule has 1 amide bonds. The predicted molar refractivity (Wildman–Crippen MR) is 90.1 cm³/mol. The minimum Gasteiger partial charge on any atom is -0.318 e. The molecule has 1 heterocycles. The zero-order valence-electron chi connectivity index (χ0n) is 14.3. The molecular weight excluding hydrogens is 418 g/mol. The normalized spacial score (nSPS) is 14.9. The van der Waals surface area contributed by atoms with Gasteiger partial charge in [0.25, 0.3) is 11.7 Å². The highest BCUT2D eigenvalue weighted by molar-refractivity contribution is 6.72. The van der Waals surface area contributed by atoms with Crippen LogP contribution in [0.5, 0.6) is 0 Å². The Morgan fingerprint density at radius 3 is 2.37 bits per heavy atom. The molecule has 0 unspecified atom stereocenters. The Labute approximate surface area is 163 Å². The van der Waals surface area contributed by atoms with Crippen LogP contribution in [-0.2, 0) is 20.6 Å². The molecule has 9 nitrogen and oxygen atoms in total. The van der Waals surface area contributed by atoms with E-state index in [-0.39, 0.29) is 11.6 Å². The first-order valence-electron chi connectivity index (χ1n) is 7.81. The van der Waals surface area contributed by atoms with E-state index in [1.807, 2.05) is 0 Å². The first-order valence-corrected chi connectivity index (χ1v) is 7.81. The maximum absolute atomic E-state index is 14.3. The van der Waals surface area contributed by atoms with E-state index < -0.39 is 62.8 Å². The van der Waals surface area contributed by atoms with Gasteiger partial charge in [-0.1, -0.05) is 23.4 Å². The summed E-state index contributed by atoms with van der Waals surface area (Å²) in [6, 6.07) is 7.15. The van der Waals surface area contributed by atoms with Crippen LogP contribution >= 0.6 is 0 Å². The lowest BCUT2D eigenvalue weighted by atomic mass is 9.95. The molecule has 0 bridgehead atoms. The monoisotopic (exact) mass is 425 g/mol.